The first kappa shape index (κ1) is 22.7. The van der Waals surface area contributed by atoms with Crippen molar-refractivity contribution in [3.8, 4) is 28.3 Å². The van der Waals surface area contributed by atoms with Crippen LogP contribution in [-0.4, -0.2) is 32.1 Å². The molecule has 5 rings (SSSR count). The van der Waals surface area contributed by atoms with E-state index in [1.807, 2.05) is 71.3 Å². The van der Waals surface area contributed by atoms with Crippen molar-refractivity contribution in [2.75, 3.05) is 7.11 Å². The average molecular weight is 486 g/mol. The Hall–Kier alpha value is -4.11. The molecule has 5 aromatic rings. The van der Waals surface area contributed by atoms with Gasteiger partial charge in [0.2, 0.25) is 11.8 Å². The fourth-order valence-electron chi connectivity index (χ4n) is 3.66. The zero-order chi connectivity index (χ0) is 24.0. The molecule has 0 saturated heterocycles. The molecule has 0 radical (unpaired) electrons. The predicted octanol–water partition coefficient (Wildman–Crippen LogP) is 5.51. The number of hydrogen-bond acceptors (Lipinski definition) is 8. The number of rotatable bonds is 9. The summed E-state index contributed by atoms with van der Waals surface area (Å²) in [4.78, 5) is 0. The van der Waals surface area contributed by atoms with Crippen LogP contribution in [-0.2, 0) is 12.4 Å². The summed E-state index contributed by atoms with van der Waals surface area (Å²) >= 11 is 1.45. The van der Waals surface area contributed by atoms with Gasteiger partial charge in [-0.25, -0.2) is 0 Å². The molecule has 0 saturated carbocycles. The Labute approximate surface area is 206 Å². The quantitative estimate of drug-likeness (QED) is 0.253. The molecule has 0 aliphatic carbocycles. The van der Waals surface area contributed by atoms with Crippen LogP contribution >= 0.6 is 11.8 Å². The number of thioether (sulfide) groups is 1. The molecule has 2 heterocycles. The molecule has 0 unspecified atom stereocenters. The van der Waals surface area contributed by atoms with Crippen molar-refractivity contribution in [2.24, 2.45) is 0 Å². The third-order valence-corrected chi connectivity index (χ3v) is 6.16. The maximum absolute atomic E-state index is 6.28. The Morgan fingerprint density at radius 2 is 1.57 bits per heavy atom. The van der Waals surface area contributed by atoms with Crippen LogP contribution in [0.5, 0.6) is 11.5 Å². The van der Waals surface area contributed by atoms with Crippen LogP contribution in [0.4, 0.5) is 0 Å². The van der Waals surface area contributed by atoms with E-state index in [9.17, 15) is 0 Å². The van der Waals surface area contributed by atoms with E-state index in [-0.39, 0.29) is 6.61 Å². The van der Waals surface area contributed by atoms with Gasteiger partial charge in [-0.05, 0) is 23.8 Å². The van der Waals surface area contributed by atoms with E-state index < -0.39 is 0 Å². The molecule has 0 spiro atoms. The van der Waals surface area contributed by atoms with Crippen LogP contribution in [0.2, 0.25) is 0 Å². The van der Waals surface area contributed by atoms with Crippen LogP contribution in [0.15, 0.2) is 88.4 Å². The molecule has 8 nitrogen and oxygen atoms in total. The van der Waals surface area contributed by atoms with Crippen LogP contribution < -0.4 is 9.47 Å². The standard InChI is InChI=1S/C26H23N5O3S/c1-18-27-29-25(34-18)17-35-26-30-28-24(31(26)21-13-7-9-15-23(21)32-2)16-33-22-14-8-6-12-20(22)19-10-4-3-5-11-19/h3-15H,16-17H2,1-2H3. The van der Waals surface area contributed by atoms with E-state index in [1.165, 1.54) is 11.8 Å². The van der Waals surface area contributed by atoms with Gasteiger partial charge >= 0.3 is 0 Å². The molecule has 0 aliphatic rings. The van der Waals surface area contributed by atoms with Crippen molar-refractivity contribution in [1.29, 1.82) is 0 Å². The molecule has 2 aromatic heterocycles. The SMILES string of the molecule is COc1ccccc1-n1c(COc2ccccc2-c2ccccc2)nnc1SCc1nnc(C)o1. The third kappa shape index (κ3) is 5.04. The predicted molar refractivity (Wildman–Crippen MR) is 133 cm³/mol. The van der Waals surface area contributed by atoms with Gasteiger partial charge in [-0.15, -0.1) is 20.4 Å². The molecule has 0 amide bonds. The molecular formula is C26H23N5O3S. The molecule has 0 N–H and O–H groups in total. The molecule has 3 aromatic carbocycles. The average Bonchev–Trinajstić information content (AvgIpc) is 3.52. The van der Waals surface area contributed by atoms with Crippen LogP contribution in [0.1, 0.15) is 17.6 Å². The minimum Gasteiger partial charge on any atom is -0.495 e. The van der Waals surface area contributed by atoms with Crippen molar-refractivity contribution in [3.05, 3.63) is 96.5 Å². The highest BCUT2D eigenvalue weighted by atomic mass is 32.2. The highest BCUT2D eigenvalue weighted by Crippen LogP contribution is 2.32. The zero-order valence-electron chi connectivity index (χ0n) is 19.3. The van der Waals surface area contributed by atoms with E-state index in [2.05, 4.69) is 32.5 Å². The lowest BCUT2D eigenvalue weighted by molar-refractivity contribution is 0.293. The molecule has 9 heteroatoms. The summed E-state index contributed by atoms with van der Waals surface area (Å²) in [5, 5.41) is 17.5. The fraction of sp³-hybridized carbons (Fsp3) is 0.154. The van der Waals surface area contributed by atoms with E-state index in [0.29, 0.717) is 34.3 Å². The monoisotopic (exact) mass is 485 g/mol. The molecule has 0 bridgehead atoms. The second-order valence-electron chi connectivity index (χ2n) is 7.56. The number of hydrogen-bond donors (Lipinski definition) is 0. The Balaban J connectivity index is 1.46. The largest absolute Gasteiger partial charge is 0.495 e. The highest BCUT2D eigenvalue weighted by molar-refractivity contribution is 7.98. The second-order valence-corrected chi connectivity index (χ2v) is 8.50. The van der Waals surface area contributed by atoms with Crippen molar-refractivity contribution in [2.45, 2.75) is 24.4 Å². The minimum atomic E-state index is 0.217. The smallest absolute Gasteiger partial charge is 0.226 e. The van der Waals surface area contributed by atoms with Gasteiger partial charge in [0.1, 0.15) is 18.1 Å². The van der Waals surface area contributed by atoms with Gasteiger partial charge in [-0.2, -0.15) is 0 Å². The number of para-hydroxylation sites is 3. The normalized spacial score (nSPS) is 10.9. The molecule has 0 atom stereocenters. The summed E-state index contributed by atoms with van der Waals surface area (Å²) in [6, 6.07) is 25.8. The number of aromatic nitrogens is 5. The van der Waals surface area contributed by atoms with Crippen molar-refractivity contribution in [1.82, 2.24) is 25.0 Å². The Kier molecular flexibility index (Phi) is 6.76. The van der Waals surface area contributed by atoms with Gasteiger partial charge in [0.05, 0.1) is 18.6 Å². The van der Waals surface area contributed by atoms with Crippen LogP contribution in [0, 0.1) is 6.92 Å². The summed E-state index contributed by atoms with van der Waals surface area (Å²) in [5.41, 5.74) is 2.91. The summed E-state index contributed by atoms with van der Waals surface area (Å²) in [7, 11) is 1.64. The molecule has 0 fully saturated rings. The van der Waals surface area contributed by atoms with Gasteiger partial charge in [0, 0.05) is 12.5 Å². The van der Waals surface area contributed by atoms with E-state index in [1.54, 1.807) is 14.0 Å². The van der Waals surface area contributed by atoms with E-state index in [4.69, 9.17) is 13.9 Å². The number of aryl methyl sites for hydroxylation is 1. The van der Waals surface area contributed by atoms with Gasteiger partial charge in [-0.1, -0.05) is 72.4 Å². The second kappa shape index (κ2) is 10.4. The number of nitrogens with zero attached hydrogens (tertiary/aromatic N) is 5. The third-order valence-electron chi connectivity index (χ3n) is 5.25. The van der Waals surface area contributed by atoms with Gasteiger partial charge in [-0.3, -0.25) is 4.57 Å². The molecular weight excluding hydrogens is 462 g/mol. The Bertz CT molecular complexity index is 1420. The van der Waals surface area contributed by atoms with E-state index >= 15 is 0 Å². The zero-order valence-corrected chi connectivity index (χ0v) is 20.1. The Morgan fingerprint density at radius 3 is 2.34 bits per heavy atom. The Morgan fingerprint density at radius 1 is 0.829 bits per heavy atom. The minimum absolute atomic E-state index is 0.217. The first-order valence-corrected chi connectivity index (χ1v) is 12.0. The summed E-state index contributed by atoms with van der Waals surface area (Å²) < 4.78 is 19.4. The molecule has 176 valence electrons. The van der Waals surface area contributed by atoms with Crippen molar-refractivity contribution >= 4 is 11.8 Å². The molecule has 0 aliphatic heterocycles. The maximum atomic E-state index is 6.28. The summed E-state index contributed by atoms with van der Waals surface area (Å²) in [6.45, 7) is 1.98. The first-order chi connectivity index (χ1) is 17.2. The number of benzene rings is 3. The topological polar surface area (TPSA) is 88.1 Å². The fourth-order valence-corrected chi connectivity index (χ4v) is 4.46. The van der Waals surface area contributed by atoms with Gasteiger partial charge in [0.15, 0.2) is 11.0 Å². The summed E-state index contributed by atoms with van der Waals surface area (Å²) in [5.74, 6) is 3.62. The van der Waals surface area contributed by atoms with Crippen molar-refractivity contribution in [3.63, 3.8) is 0 Å². The molecule has 35 heavy (non-hydrogen) atoms. The lowest BCUT2D eigenvalue weighted by Crippen LogP contribution is -2.08. The highest BCUT2D eigenvalue weighted by Gasteiger charge is 2.19. The van der Waals surface area contributed by atoms with Gasteiger partial charge < -0.3 is 13.9 Å². The van der Waals surface area contributed by atoms with Gasteiger partial charge in [0.25, 0.3) is 0 Å². The van der Waals surface area contributed by atoms with E-state index in [0.717, 1.165) is 22.6 Å². The van der Waals surface area contributed by atoms with Crippen molar-refractivity contribution < 1.29 is 13.9 Å². The van der Waals surface area contributed by atoms with Crippen LogP contribution in [0.3, 0.4) is 0 Å². The lowest BCUT2D eigenvalue weighted by Gasteiger charge is -2.15. The number of ether oxygens (including phenoxy) is 2. The lowest BCUT2D eigenvalue weighted by atomic mass is 10.1. The number of methoxy groups -OCH3 is 1. The maximum Gasteiger partial charge on any atom is 0.226 e. The van der Waals surface area contributed by atoms with Crippen LogP contribution in [0.25, 0.3) is 16.8 Å². The first-order valence-electron chi connectivity index (χ1n) is 11.0. The summed E-state index contributed by atoms with van der Waals surface area (Å²) in [6.07, 6.45) is 0.